The maximum absolute atomic E-state index is 11.3. The molecule has 0 amide bonds. The summed E-state index contributed by atoms with van der Waals surface area (Å²) in [5.74, 6) is 1.42. The molecule has 102 valence electrons. The van der Waals surface area contributed by atoms with E-state index in [1.807, 2.05) is 19.1 Å². The number of hydrogen-bond donors (Lipinski definition) is 2. The van der Waals surface area contributed by atoms with Crippen LogP contribution in [-0.2, 0) is 0 Å². The Labute approximate surface area is 118 Å². The molecule has 3 rings (SSSR count). The van der Waals surface area contributed by atoms with E-state index in [4.69, 9.17) is 16.0 Å². The number of benzene rings is 1. The van der Waals surface area contributed by atoms with Gasteiger partial charge in [-0.1, -0.05) is 6.07 Å². The third-order valence-electron chi connectivity index (χ3n) is 3.05. The number of aromatic nitrogens is 2. The summed E-state index contributed by atoms with van der Waals surface area (Å²) in [6.07, 6.45) is 0. The molecular weight excluding hydrogens is 280 g/mol. The molecule has 0 spiro atoms. The zero-order valence-electron chi connectivity index (χ0n) is 10.6. The number of H-pyrrole nitrogens is 2. The molecule has 0 aliphatic heterocycles. The number of furan rings is 1. The normalized spacial score (nSPS) is 12.7. The van der Waals surface area contributed by atoms with Gasteiger partial charge < -0.3 is 14.4 Å². The Balaban J connectivity index is 2.11. The molecule has 0 saturated heterocycles. The highest BCUT2D eigenvalue weighted by Crippen LogP contribution is 2.30. The van der Waals surface area contributed by atoms with E-state index in [9.17, 15) is 9.59 Å². The first-order valence-corrected chi connectivity index (χ1v) is 6.45. The van der Waals surface area contributed by atoms with Gasteiger partial charge in [0.25, 0.3) is 0 Å². The summed E-state index contributed by atoms with van der Waals surface area (Å²) in [5.41, 5.74) is 0.499. The topological polar surface area (TPSA) is 78.9 Å². The lowest BCUT2D eigenvalue weighted by Gasteiger charge is -2.08. The van der Waals surface area contributed by atoms with Crippen LogP contribution in [0.5, 0.6) is 0 Å². The molecule has 0 fully saturated rings. The molecule has 2 N–H and O–H groups in total. The van der Waals surface area contributed by atoms with Gasteiger partial charge in [0, 0.05) is 0 Å². The third-order valence-corrected chi connectivity index (χ3v) is 3.52. The largest absolute Gasteiger partial charge is 0.464 e. The van der Waals surface area contributed by atoms with Crippen LogP contribution in [-0.4, -0.2) is 9.97 Å². The van der Waals surface area contributed by atoms with Crippen LogP contribution in [0.4, 0.5) is 0 Å². The second-order valence-electron chi connectivity index (χ2n) is 4.52. The van der Waals surface area contributed by atoms with Gasteiger partial charge in [0.1, 0.15) is 16.9 Å². The SMILES string of the molecule is Cc1ccc(C(Cl)c2ccc3[nH]c(=O)c(=O)[nH]c3c2)o1. The summed E-state index contributed by atoms with van der Waals surface area (Å²) in [4.78, 5) is 27.6. The minimum Gasteiger partial charge on any atom is -0.464 e. The van der Waals surface area contributed by atoms with Crippen LogP contribution >= 0.6 is 11.6 Å². The summed E-state index contributed by atoms with van der Waals surface area (Å²) >= 11 is 6.36. The molecule has 0 radical (unpaired) electrons. The molecule has 3 aromatic rings. The first-order valence-electron chi connectivity index (χ1n) is 6.01. The number of nitrogens with one attached hydrogen (secondary N) is 2. The first-order chi connectivity index (χ1) is 9.54. The minimum absolute atomic E-state index is 0.455. The number of rotatable bonds is 2. The number of alkyl halides is 1. The second kappa shape index (κ2) is 4.68. The molecule has 1 atom stereocenters. The Morgan fingerprint density at radius 3 is 2.40 bits per heavy atom. The predicted molar refractivity (Wildman–Crippen MR) is 76.3 cm³/mol. The summed E-state index contributed by atoms with van der Waals surface area (Å²) < 4.78 is 5.49. The number of aromatic amines is 2. The van der Waals surface area contributed by atoms with Crippen molar-refractivity contribution < 1.29 is 4.42 Å². The molecular formula is C14H11ClN2O3. The maximum Gasteiger partial charge on any atom is 0.314 e. The predicted octanol–water partition coefficient (Wildman–Crippen LogP) is 2.45. The van der Waals surface area contributed by atoms with Crippen molar-refractivity contribution in [3.05, 3.63) is 68.1 Å². The molecule has 20 heavy (non-hydrogen) atoms. The van der Waals surface area contributed by atoms with E-state index in [1.165, 1.54) is 0 Å². The van der Waals surface area contributed by atoms with Crippen LogP contribution in [0, 0.1) is 6.92 Å². The van der Waals surface area contributed by atoms with Crippen molar-refractivity contribution in [1.29, 1.82) is 0 Å². The summed E-state index contributed by atoms with van der Waals surface area (Å²) in [6.45, 7) is 1.84. The minimum atomic E-state index is -0.686. The van der Waals surface area contributed by atoms with E-state index in [-0.39, 0.29) is 0 Å². The molecule has 2 heterocycles. The van der Waals surface area contributed by atoms with Crippen LogP contribution in [0.25, 0.3) is 11.0 Å². The number of hydrogen-bond acceptors (Lipinski definition) is 3. The highest BCUT2D eigenvalue weighted by atomic mass is 35.5. The van der Waals surface area contributed by atoms with Gasteiger partial charge >= 0.3 is 11.1 Å². The van der Waals surface area contributed by atoms with Crippen LogP contribution < -0.4 is 11.1 Å². The van der Waals surface area contributed by atoms with Crippen LogP contribution in [0.3, 0.4) is 0 Å². The second-order valence-corrected chi connectivity index (χ2v) is 4.96. The van der Waals surface area contributed by atoms with Crippen molar-refractivity contribution in [2.75, 3.05) is 0 Å². The summed E-state index contributed by atoms with van der Waals surface area (Å²) in [5, 5.41) is -0.455. The van der Waals surface area contributed by atoms with Gasteiger partial charge in [-0.05, 0) is 36.8 Å². The van der Waals surface area contributed by atoms with Gasteiger partial charge in [0.15, 0.2) is 0 Å². The standard InChI is InChI=1S/C14H11ClN2O3/c1-7-2-5-11(20-7)12(15)8-3-4-9-10(6-8)17-14(19)13(18)16-9/h2-6,12H,1H3,(H,16,18)(H,17,19). The fraction of sp³-hybridized carbons (Fsp3) is 0.143. The molecule has 2 aromatic heterocycles. The van der Waals surface area contributed by atoms with Crippen molar-refractivity contribution in [2.24, 2.45) is 0 Å². The molecule has 0 aliphatic rings. The maximum atomic E-state index is 11.3. The molecule has 6 heteroatoms. The number of aryl methyl sites for hydroxylation is 1. The average molecular weight is 291 g/mol. The van der Waals surface area contributed by atoms with Crippen molar-refractivity contribution in [2.45, 2.75) is 12.3 Å². The average Bonchev–Trinajstić information content (AvgIpc) is 2.85. The van der Waals surface area contributed by atoms with Gasteiger partial charge in [0.05, 0.1) is 11.0 Å². The monoisotopic (exact) mass is 290 g/mol. The molecule has 1 unspecified atom stereocenters. The molecule has 1 aromatic carbocycles. The van der Waals surface area contributed by atoms with E-state index in [0.29, 0.717) is 16.8 Å². The smallest absolute Gasteiger partial charge is 0.314 e. The van der Waals surface area contributed by atoms with Gasteiger partial charge in [-0.2, -0.15) is 0 Å². The lowest BCUT2D eigenvalue weighted by atomic mass is 10.1. The van der Waals surface area contributed by atoms with E-state index in [1.54, 1.807) is 18.2 Å². The van der Waals surface area contributed by atoms with Gasteiger partial charge in [-0.3, -0.25) is 9.59 Å². The van der Waals surface area contributed by atoms with Crippen molar-refractivity contribution >= 4 is 22.6 Å². The van der Waals surface area contributed by atoms with Crippen LogP contribution in [0.1, 0.15) is 22.5 Å². The third kappa shape index (κ3) is 2.16. The number of fused-ring (bicyclic) bond motifs is 1. The highest BCUT2D eigenvalue weighted by Gasteiger charge is 2.15. The molecule has 5 nitrogen and oxygen atoms in total. The Morgan fingerprint density at radius 2 is 1.75 bits per heavy atom. The van der Waals surface area contributed by atoms with Gasteiger partial charge in [0.2, 0.25) is 0 Å². The first kappa shape index (κ1) is 12.7. The molecule has 0 bridgehead atoms. The summed E-state index contributed by atoms with van der Waals surface area (Å²) in [6, 6.07) is 8.86. The van der Waals surface area contributed by atoms with Crippen molar-refractivity contribution in [3.63, 3.8) is 0 Å². The lowest BCUT2D eigenvalue weighted by molar-refractivity contribution is 0.489. The lowest BCUT2D eigenvalue weighted by Crippen LogP contribution is -2.28. The Bertz CT molecular complexity index is 891. The van der Waals surface area contributed by atoms with Gasteiger partial charge in [-0.25, -0.2) is 0 Å². The van der Waals surface area contributed by atoms with E-state index >= 15 is 0 Å². The van der Waals surface area contributed by atoms with Gasteiger partial charge in [-0.15, -0.1) is 11.6 Å². The van der Waals surface area contributed by atoms with Crippen molar-refractivity contribution in [1.82, 2.24) is 9.97 Å². The Hall–Kier alpha value is -2.27. The van der Waals surface area contributed by atoms with Crippen molar-refractivity contribution in [3.8, 4) is 0 Å². The fourth-order valence-electron chi connectivity index (χ4n) is 2.04. The zero-order chi connectivity index (χ0) is 14.3. The zero-order valence-corrected chi connectivity index (χ0v) is 11.3. The van der Waals surface area contributed by atoms with Crippen LogP contribution in [0.15, 0.2) is 44.3 Å². The van der Waals surface area contributed by atoms with E-state index in [0.717, 1.165) is 11.3 Å². The Kier molecular flexibility index (Phi) is 2.99. The molecule has 0 aliphatic carbocycles. The van der Waals surface area contributed by atoms with E-state index < -0.39 is 16.5 Å². The van der Waals surface area contributed by atoms with Crippen LogP contribution in [0.2, 0.25) is 0 Å². The Morgan fingerprint density at radius 1 is 1.05 bits per heavy atom. The quantitative estimate of drug-likeness (QED) is 0.562. The molecule has 0 saturated carbocycles. The fourth-order valence-corrected chi connectivity index (χ4v) is 2.30. The summed E-state index contributed by atoms with van der Waals surface area (Å²) in [7, 11) is 0. The van der Waals surface area contributed by atoms with E-state index in [2.05, 4.69) is 9.97 Å². The highest BCUT2D eigenvalue weighted by molar-refractivity contribution is 6.22. The number of halogens is 1.